The summed E-state index contributed by atoms with van der Waals surface area (Å²) in [6.07, 6.45) is -0.145. The van der Waals surface area contributed by atoms with Crippen molar-refractivity contribution in [1.29, 1.82) is 0 Å². The Morgan fingerprint density at radius 1 is 1.20 bits per heavy atom. The van der Waals surface area contributed by atoms with E-state index in [0.29, 0.717) is 21.5 Å². The van der Waals surface area contributed by atoms with Gasteiger partial charge in [0.15, 0.2) is 9.84 Å². The smallest absolute Gasteiger partial charge is 0.155 e. The number of hydrogen-bond acceptors (Lipinski definition) is 5. The Balaban J connectivity index is 3.46. The van der Waals surface area contributed by atoms with E-state index in [9.17, 15) is 13.5 Å². The molecule has 0 aliphatic carbocycles. The Labute approximate surface area is 128 Å². The van der Waals surface area contributed by atoms with Crippen molar-refractivity contribution < 1.29 is 23.0 Å². The van der Waals surface area contributed by atoms with Crippen LogP contribution < -0.4 is 9.47 Å². The minimum atomic E-state index is -3.46. The fraction of sp³-hybridized carbons (Fsp3) is 0.538. The van der Waals surface area contributed by atoms with Crippen LogP contribution >= 0.6 is 15.9 Å². The van der Waals surface area contributed by atoms with Gasteiger partial charge >= 0.3 is 0 Å². The molecule has 0 spiro atoms. The van der Waals surface area contributed by atoms with E-state index in [1.165, 1.54) is 28.1 Å². The zero-order chi connectivity index (χ0) is 15.7. The lowest BCUT2D eigenvalue weighted by Gasteiger charge is -2.30. The molecule has 5 nitrogen and oxygen atoms in total. The van der Waals surface area contributed by atoms with E-state index in [4.69, 9.17) is 9.47 Å². The number of hydrogen-bond donors (Lipinski definition) is 1. The lowest BCUT2D eigenvalue weighted by Crippen LogP contribution is -2.38. The van der Waals surface area contributed by atoms with Crippen LogP contribution in [0.15, 0.2) is 16.6 Å². The predicted octanol–water partition coefficient (Wildman–Crippen LogP) is 2.32. The van der Waals surface area contributed by atoms with Crippen molar-refractivity contribution in [3.63, 3.8) is 0 Å². The summed E-state index contributed by atoms with van der Waals surface area (Å²) in [5, 5.41) is 10.5. The quantitative estimate of drug-likeness (QED) is 0.865. The van der Waals surface area contributed by atoms with Gasteiger partial charge in [0.1, 0.15) is 17.6 Å². The van der Waals surface area contributed by atoms with E-state index < -0.39 is 20.7 Å². The van der Waals surface area contributed by atoms with Crippen LogP contribution in [0.25, 0.3) is 0 Å². The van der Waals surface area contributed by atoms with Gasteiger partial charge in [-0.15, -0.1) is 0 Å². The molecule has 1 aromatic carbocycles. The second-order valence-electron chi connectivity index (χ2n) is 5.01. The summed E-state index contributed by atoms with van der Waals surface area (Å²) < 4.78 is 33.4. The maximum atomic E-state index is 11.8. The van der Waals surface area contributed by atoms with Crippen molar-refractivity contribution >= 4 is 25.8 Å². The van der Waals surface area contributed by atoms with Gasteiger partial charge in [-0.2, -0.15) is 0 Å². The number of benzene rings is 1. The Morgan fingerprint density at radius 2 is 1.70 bits per heavy atom. The standard InChI is InChI=1S/C13H19BrO5S/c1-13(2,20(5,16)17)12(15)8-6-11(19-4)9(14)7-10(8)18-3/h6-7,12,15H,1-5H3. The number of aliphatic hydroxyl groups excluding tert-OH is 1. The van der Waals surface area contributed by atoms with Gasteiger partial charge in [0.05, 0.1) is 23.4 Å². The van der Waals surface area contributed by atoms with Gasteiger partial charge in [-0.1, -0.05) is 0 Å². The number of aliphatic hydroxyl groups is 1. The first-order valence-electron chi connectivity index (χ1n) is 5.85. The van der Waals surface area contributed by atoms with Crippen molar-refractivity contribution in [3.8, 4) is 11.5 Å². The third-order valence-corrected chi connectivity index (χ3v) is 6.17. The highest BCUT2D eigenvalue weighted by atomic mass is 79.9. The fourth-order valence-corrected chi connectivity index (χ4v) is 2.69. The van der Waals surface area contributed by atoms with Crippen LogP contribution in [-0.2, 0) is 9.84 Å². The largest absolute Gasteiger partial charge is 0.496 e. The molecule has 1 atom stereocenters. The molecule has 0 saturated carbocycles. The first-order chi connectivity index (χ1) is 9.06. The number of ether oxygens (including phenoxy) is 2. The molecule has 1 N–H and O–H groups in total. The van der Waals surface area contributed by atoms with E-state index in [1.807, 2.05) is 0 Å². The molecular weight excluding hydrogens is 348 g/mol. The highest BCUT2D eigenvalue weighted by Gasteiger charge is 2.40. The average molecular weight is 367 g/mol. The fourth-order valence-electron chi connectivity index (χ4n) is 1.68. The molecule has 0 amide bonds. The van der Waals surface area contributed by atoms with Crippen LogP contribution in [0.4, 0.5) is 0 Å². The normalized spacial score (nSPS) is 13.9. The molecule has 0 aromatic heterocycles. The van der Waals surface area contributed by atoms with Gasteiger partial charge in [0.2, 0.25) is 0 Å². The summed E-state index contributed by atoms with van der Waals surface area (Å²) in [5.74, 6) is 0.881. The van der Waals surface area contributed by atoms with Crippen molar-refractivity contribution in [2.24, 2.45) is 0 Å². The van der Waals surface area contributed by atoms with Crippen LogP contribution in [0, 0.1) is 0 Å². The average Bonchev–Trinajstić information content (AvgIpc) is 2.36. The molecule has 0 fully saturated rings. The second kappa shape index (κ2) is 5.91. The van der Waals surface area contributed by atoms with E-state index >= 15 is 0 Å². The van der Waals surface area contributed by atoms with Crippen LogP contribution in [-0.4, -0.2) is 38.7 Å². The number of sulfone groups is 1. The van der Waals surface area contributed by atoms with Gasteiger partial charge in [-0.05, 0) is 41.9 Å². The van der Waals surface area contributed by atoms with Crippen LogP contribution in [0.1, 0.15) is 25.5 Å². The van der Waals surface area contributed by atoms with E-state index in [2.05, 4.69) is 15.9 Å². The Morgan fingerprint density at radius 3 is 2.10 bits per heavy atom. The predicted molar refractivity (Wildman–Crippen MR) is 81.1 cm³/mol. The van der Waals surface area contributed by atoms with Gasteiger partial charge in [0, 0.05) is 11.8 Å². The molecule has 0 saturated heterocycles. The van der Waals surface area contributed by atoms with Crippen molar-refractivity contribution in [2.45, 2.75) is 24.7 Å². The second-order valence-corrected chi connectivity index (χ2v) is 8.46. The summed E-state index contributed by atoms with van der Waals surface area (Å²) in [6.45, 7) is 2.95. The minimum Gasteiger partial charge on any atom is -0.496 e. The lowest BCUT2D eigenvalue weighted by atomic mass is 9.97. The zero-order valence-corrected chi connectivity index (χ0v) is 14.5. The van der Waals surface area contributed by atoms with E-state index in [1.54, 1.807) is 12.1 Å². The third-order valence-electron chi connectivity index (χ3n) is 3.41. The van der Waals surface area contributed by atoms with Gasteiger partial charge in [0.25, 0.3) is 0 Å². The summed E-state index contributed by atoms with van der Waals surface area (Å²) >= 11 is 3.32. The minimum absolute atomic E-state index is 0.364. The molecule has 1 rings (SSSR count). The van der Waals surface area contributed by atoms with Gasteiger partial charge in [-0.3, -0.25) is 0 Å². The third kappa shape index (κ3) is 3.10. The molecule has 0 radical (unpaired) electrons. The SMILES string of the molecule is COc1cc(C(O)C(C)(C)S(C)(=O)=O)c(OC)cc1Br. The monoisotopic (exact) mass is 366 g/mol. The summed E-state index contributed by atoms with van der Waals surface area (Å²) in [6, 6.07) is 3.20. The molecule has 0 aliphatic rings. The Bertz CT molecular complexity index is 595. The molecule has 0 bridgehead atoms. The van der Waals surface area contributed by atoms with Crippen LogP contribution in [0.3, 0.4) is 0 Å². The number of halogens is 1. The van der Waals surface area contributed by atoms with E-state index in [0.717, 1.165) is 6.26 Å². The Kier molecular flexibility index (Phi) is 5.10. The molecule has 0 heterocycles. The van der Waals surface area contributed by atoms with Crippen molar-refractivity contribution in [3.05, 3.63) is 22.2 Å². The summed E-state index contributed by atoms with van der Waals surface area (Å²) in [4.78, 5) is 0. The molecule has 0 aliphatic heterocycles. The summed E-state index contributed by atoms with van der Waals surface area (Å²) in [5.41, 5.74) is 0.364. The Hall–Kier alpha value is -0.790. The van der Waals surface area contributed by atoms with Crippen LogP contribution in [0.5, 0.6) is 11.5 Å². The molecule has 7 heteroatoms. The van der Waals surface area contributed by atoms with Crippen LogP contribution in [0.2, 0.25) is 0 Å². The molecule has 20 heavy (non-hydrogen) atoms. The maximum Gasteiger partial charge on any atom is 0.155 e. The zero-order valence-electron chi connectivity index (χ0n) is 12.1. The van der Waals surface area contributed by atoms with E-state index in [-0.39, 0.29) is 0 Å². The number of rotatable bonds is 5. The topological polar surface area (TPSA) is 72.8 Å². The lowest BCUT2D eigenvalue weighted by molar-refractivity contribution is 0.135. The highest BCUT2D eigenvalue weighted by Crippen LogP contribution is 2.41. The first-order valence-corrected chi connectivity index (χ1v) is 8.53. The molecule has 1 aromatic rings. The molecule has 114 valence electrons. The highest BCUT2D eigenvalue weighted by molar-refractivity contribution is 9.10. The van der Waals surface area contributed by atoms with Gasteiger partial charge < -0.3 is 14.6 Å². The number of methoxy groups -OCH3 is 2. The molecular formula is C13H19BrO5S. The van der Waals surface area contributed by atoms with Crippen molar-refractivity contribution in [1.82, 2.24) is 0 Å². The maximum absolute atomic E-state index is 11.8. The van der Waals surface area contributed by atoms with Crippen molar-refractivity contribution in [2.75, 3.05) is 20.5 Å². The summed E-state index contributed by atoms with van der Waals surface area (Å²) in [7, 11) is -0.516. The van der Waals surface area contributed by atoms with Gasteiger partial charge in [-0.25, -0.2) is 8.42 Å². The molecule has 1 unspecified atom stereocenters. The first kappa shape index (κ1) is 17.3.